The van der Waals surface area contributed by atoms with Crippen LogP contribution >= 0.6 is 0 Å². The van der Waals surface area contributed by atoms with E-state index in [-0.39, 0.29) is 12.2 Å². The van der Waals surface area contributed by atoms with Gasteiger partial charge in [0.2, 0.25) is 0 Å². The Balaban J connectivity index is 1.77. The van der Waals surface area contributed by atoms with Gasteiger partial charge in [0, 0.05) is 12.6 Å². The molecule has 1 aliphatic heterocycles. The van der Waals surface area contributed by atoms with E-state index in [1.165, 1.54) is 38.6 Å². The molecule has 0 radical (unpaired) electrons. The Morgan fingerprint density at radius 3 is 2.76 bits per heavy atom. The van der Waals surface area contributed by atoms with E-state index in [0.717, 1.165) is 18.5 Å². The molecule has 1 N–H and O–H groups in total. The van der Waals surface area contributed by atoms with Crippen molar-refractivity contribution in [1.82, 2.24) is 4.90 Å². The Hall–Kier alpha value is -0.120. The van der Waals surface area contributed by atoms with E-state index in [1.807, 2.05) is 13.8 Å². The second kappa shape index (κ2) is 6.17. The molecule has 0 amide bonds. The molecule has 3 nitrogen and oxygen atoms in total. The van der Waals surface area contributed by atoms with Crippen molar-refractivity contribution in [2.45, 2.75) is 64.2 Å². The highest BCUT2D eigenvalue weighted by molar-refractivity contribution is 4.89. The van der Waals surface area contributed by atoms with Crippen LogP contribution in [0.3, 0.4) is 0 Å². The van der Waals surface area contributed by atoms with Gasteiger partial charge < -0.3 is 9.84 Å². The fourth-order valence-corrected chi connectivity index (χ4v) is 3.41. The zero-order chi connectivity index (χ0) is 12.3. The zero-order valence-corrected chi connectivity index (χ0v) is 11.3. The number of ether oxygens (including phenoxy) is 1. The maximum absolute atomic E-state index is 10.0. The molecule has 3 heteroatoms. The van der Waals surface area contributed by atoms with Gasteiger partial charge in [0.05, 0.1) is 18.8 Å². The van der Waals surface area contributed by atoms with Crippen molar-refractivity contribution in [3.05, 3.63) is 0 Å². The van der Waals surface area contributed by atoms with E-state index in [1.54, 1.807) is 0 Å². The molecule has 0 aromatic heterocycles. The molecular formula is C14H27NO2. The molecule has 1 saturated heterocycles. The normalized spacial score (nSPS) is 31.8. The number of hydrogen-bond donors (Lipinski definition) is 1. The first-order valence-corrected chi connectivity index (χ1v) is 7.20. The van der Waals surface area contributed by atoms with Gasteiger partial charge in [0.15, 0.2) is 0 Å². The number of likely N-dealkylation sites (tertiary alicyclic amines) is 1. The van der Waals surface area contributed by atoms with Crippen molar-refractivity contribution in [3.8, 4) is 0 Å². The summed E-state index contributed by atoms with van der Waals surface area (Å²) in [6.07, 6.45) is 6.72. The number of aliphatic hydroxyl groups excluding tert-OH is 1. The van der Waals surface area contributed by atoms with Gasteiger partial charge in [0.1, 0.15) is 0 Å². The van der Waals surface area contributed by atoms with Crippen LogP contribution in [0.25, 0.3) is 0 Å². The third-order valence-corrected chi connectivity index (χ3v) is 4.18. The second-order valence-corrected chi connectivity index (χ2v) is 5.93. The highest BCUT2D eigenvalue weighted by Crippen LogP contribution is 2.36. The van der Waals surface area contributed by atoms with Gasteiger partial charge in [-0.05, 0) is 52.0 Å². The lowest BCUT2D eigenvalue weighted by Crippen LogP contribution is -2.47. The molecule has 0 aromatic carbocycles. The minimum atomic E-state index is -0.322. The molecule has 2 aliphatic rings. The van der Waals surface area contributed by atoms with E-state index in [9.17, 15) is 5.11 Å². The number of fused-ring (bicyclic) bond motifs is 1. The Kier molecular flexibility index (Phi) is 4.83. The first-order valence-electron chi connectivity index (χ1n) is 7.20. The summed E-state index contributed by atoms with van der Waals surface area (Å²) < 4.78 is 5.48. The van der Waals surface area contributed by atoms with Crippen LogP contribution in [0.2, 0.25) is 0 Å². The third-order valence-electron chi connectivity index (χ3n) is 4.18. The molecule has 1 aliphatic carbocycles. The minimum Gasteiger partial charge on any atom is -0.389 e. The first kappa shape index (κ1) is 13.3. The average Bonchev–Trinajstić information content (AvgIpc) is 2.75. The lowest BCUT2D eigenvalue weighted by atomic mass is 9.92. The van der Waals surface area contributed by atoms with E-state index in [0.29, 0.717) is 6.61 Å². The molecule has 0 aromatic rings. The standard InChI is InChI=1S/C14H27NO2/c1-11(2)17-10-13(16)9-15-8-4-6-12-5-3-7-14(12)15/h11-14,16H,3-10H2,1-2H3. The Labute approximate surface area is 105 Å². The summed E-state index contributed by atoms with van der Waals surface area (Å²) in [7, 11) is 0. The highest BCUT2D eigenvalue weighted by atomic mass is 16.5. The summed E-state index contributed by atoms with van der Waals surface area (Å²) >= 11 is 0. The molecule has 17 heavy (non-hydrogen) atoms. The summed E-state index contributed by atoms with van der Waals surface area (Å²) in [5, 5.41) is 10.0. The molecule has 100 valence electrons. The number of nitrogens with zero attached hydrogens (tertiary/aromatic N) is 1. The third kappa shape index (κ3) is 3.67. The van der Waals surface area contributed by atoms with Crippen molar-refractivity contribution in [2.24, 2.45) is 5.92 Å². The molecule has 0 bridgehead atoms. The van der Waals surface area contributed by atoms with Crippen LogP contribution in [0, 0.1) is 5.92 Å². The van der Waals surface area contributed by atoms with Crippen LogP contribution in [-0.2, 0) is 4.74 Å². The number of hydrogen-bond acceptors (Lipinski definition) is 3. The van der Waals surface area contributed by atoms with Crippen molar-refractivity contribution in [3.63, 3.8) is 0 Å². The quantitative estimate of drug-likeness (QED) is 0.799. The SMILES string of the molecule is CC(C)OCC(O)CN1CCCC2CCCC21. The average molecular weight is 241 g/mol. The fraction of sp³-hybridized carbons (Fsp3) is 1.00. The predicted molar refractivity (Wildman–Crippen MR) is 69.0 cm³/mol. The van der Waals surface area contributed by atoms with Crippen molar-refractivity contribution in [2.75, 3.05) is 19.7 Å². The van der Waals surface area contributed by atoms with Crippen molar-refractivity contribution < 1.29 is 9.84 Å². The lowest BCUT2D eigenvalue weighted by molar-refractivity contribution is -0.0223. The Bertz CT molecular complexity index is 232. The number of β-amino-alcohol motifs (C(OH)–C–C–N with tert-alkyl or cyclic N) is 1. The fourth-order valence-electron chi connectivity index (χ4n) is 3.41. The van der Waals surface area contributed by atoms with Gasteiger partial charge in [-0.25, -0.2) is 0 Å². The smallest absolute Gasteiger partial charge is 0.0900 e. The van der Waals surface area contributed by atoms with Crippen molar-refractivity contribution in [1.29, 1.82) is 0 Å². The second-order valence-electron chi connectivity index (χ2n) is 5.93. The summed E-state index contributed by atoms with van der Waals surface area (Å²) in [6, 6.07) is 0.748. The number of aliphatic hydroxyl groups is 1. The summed E-state index contributed by atoms with van der Waals surface area (Å²) in [5.41, 5.74) is 0. The Morgan fingerprint density at radius 1 is 1.24 bits per heavy atom. The predicted octanol–water partition coefficient (Wildman–Crippen LogP) is 2.04. The lowest BCUT2D eigenvalue weighted by Gasteiger charge is -2.38. The van der Waals surface area contributed by atoms with E-state index in [2.05, 4.69) is 4.90 Å². The molecular weight excluding hydrogens is 214 g/mol. The van der Waals surface area contributed by atoms with E-state index >= 15 is 0 Å². The molecule has 1 heterocycles. The monoisotopic (exact) mass is 241 g/mol. The topological polar surface area (TPSA) is 32.7 Å². The van der Waals surface area contributed by atoms with E-state index in [4.69, 9.17) is 4.74 Å². The molecule has 2 fully saturated rings. The molecule has 3 unspecified atom stereocenters. The van der Waals surface area contributed by atoms with Gasteiger partial charge in [0.25, 0.3) is 0 Å². The molecule has 1 saturated carbocycles. The maximum atomic E-state index is 10.0. The Morgan fingerprint density at radius 2 is 2.00 bits per heavy atom. The van der Waals surface area contributed by atoms with Gasteiger partial charge in [-0.3, -0.25) is 4.90 Å². The van der Waals surface area contributed by atoms with Gasteiger partial charge in [-0.2, -0.15) is 0 Å². The summed E-state index contributed by atoms with van der Waals surface area (Å²) in [6.45, 7) is 6.47. The van der Waals surface area contributed by atoms with Crippen LogP contribution in [-0.4, -0.2) is 48.0 Å². The maximum Gasteiger partial charge on any atom is 0.0900 e. The minimum absolute atomic E-state index is 0.213. The van der Waals surface area contributed by atoms with Crippen molar-refractivity contribution >= 4 is 0 Å². The van der Waals surface area contributed by atoms with Crippen LogP contribution in [0.4, 0.5) is 0 Å². The highest BCUT2D eigenvalue weighted by Gasteiger charge is 2.35. The zero-order valence-electron chi connectivity index (χ0n) is 11.3. The molecule has 2 rings (SSSR count). The van der Waals surface area contributed by atoms with Gasteiger partial charge in [-0.1, -0.05) is 6.42 Å². The summed E-state index contributed by atoms with van der Waals surface area (Å²) in [4.78, 5) is 2.51. The molecule has 3 atom stereocenters. The summed E-state index contributed by atoms with van der Waals surface area (Å²) in [5.74, 6) is 0.905. The van der Waals surface area contributed by atoms with Gasteiger partial charge >= 0.3 is 0 Å². The van der Waals surface area contributed by atoms with E-state index < -0.39 is 0 Å². The van der Waals surface area contributed by atoms with Gasteiger partial charge in [-0.15, -0.1) is 0 Å². The number of rotatable bonds is 5. The van der Waals surface area contributed by atoms with Crippen LogP contribution in [0.5, 0.6) is 0 Å². The first-order chi connectivity index (χ1) is 8.16. The van der Waals surface area contributed by atoms with Crippen LogP contribution in [0.1, 0.15) is 46.0 Å². The largest absolute Gasteiger partial charge is 0.389 e. The van der Waals surface area contributed by atoms with Crippen LogP contribution < -0.4 is 0 Å². The number of piperidine rings is 1. The van der Waals surface area contributed by atoms with Crippen LogP contribution in [0.15, 0.2) is 0 Å². The molecule has 0 spiro atoms.